The summed E-state index contributed by atoms with van der Waals surface area (Å²) in [5.41, 5.74) is 2.44. The number of benzene rings is 2. The minimum Gasteiger partial charge on any atom is -0.497 e. The fourth-order valence-corrected chi connectivity index (χ4v) is 2.67. The van der Waals surface area contributed by atoms with Crippen molar-refractivity contribution in [1.82, 2.24) is 4.90 Å². The van der Waals surface area contributed by atoms with Crippen LogP contribution in [0.4, 0.5) is 5.69 Å². The average Bonchev–Trinajstić information content (AvgIpc) is 2.63. The fraction of sp³-hybridized carbons (Fsp3) is 0.300. The van der Waals surface area contributed by atoms with Crippen molar-refractivity contribution in [3.05, 3.63) is 58.6 Å². The Bertz CT molecular complexity index is 775. The van der Waals surface area contributed by atoms with E-state index in [1.807, 2.05) is 44.2 Å². The zero-order valence-corrected chi connectivity index (χ0v) is 16.0. The van der Waals surface area contributed by atoms with Crippen LogP contribution in [0, 0.1) is 6.92 Å². The number of carbonyl (C=O) groups is 2. The summed E-state index contributed by atoms with van der Waals surface area (Å²) >= 11 is 5.97. The van der Waals surface area contributed by atoms with Crippen LogP contribution in [-0.2, 0) is 16.0 Å². The number of anilines is 1. The molecule has 6 heteroatoms. The molecule has 2 aromatic rings. The van der Waals surface area contributed by atoms with Gasteiger partial charge in [0.1, 0.15) is 5.75 Å². The Labute approximate surface area is 158 Å². The second kappa shape index (κ2) is 9.25. The molecular weight excluding hydrogens is 352 g/mol. The topological polar surface area (TPSA) is 58.6 Å². The number of hydrogen-bond acceptors (Lipinski definition) is 3. The second-order valence-corrected chi connectivity index (χ2v) is 6.38. The lowest BCUT2D eigenvalue weighted by molar-refractivity contribution is -0.133. The van der Waals surface area contributed by atoms with Crippen molar-refractivity contribution >= 4 is 29.1 Å². The number of hydrogen-bond donors (Lipinski definition) is 1. The summed E-state index contributed by atoms with van der Waals surface area (Å²) in [5.74, 6) is 0.390. The van der Waals surface area contributed by atoms with E-state index in [1.165, 1.54) is 4.90 Å². The Kier molecular flexibility index (Phi) is 7.04. The maximum Gasteiger partial charge on any atom is 0.244 e. The molecule has 0 saturated heterocycles. The van der Waals surface area contributed by atoms with Gasteiger partial charge in [0.25, 0.3) is 0 Å². The van der Waals surface area contributed by atoms with Gasteiger partial charge in [-0.05, 0) is 49.2 Å². The Morgan fingerprint density at radius 2 is 1.85 bits per heavy atom. The summed E-state index contributed by atoms with van der Waals surface area (Å²) in [4.78, 5) is 26.3. The van der Waals surface area contributed by atoms with Gasteiger partial charge in [0.2, 0.25) is 11.8 Å². The van der Waals surface area contributed by atoms with E-state index in [1.54, 1.807) is 19.2 Å². The van der Waals surface area contributed by atoms with E-state index >= 15 is 0 Å². The molecule has 5 nitrogen and oxygen atoms in total. The predicted octanol–water partition coefficient (Wildman–Crippen LogP) is 3.69. The number of rotatable bonds is 7. The van der Waals surface area contributed by atoms with Crippen LogP contribution in [0.3, 0.4) is 0 Å². The highest BCUT2D eigenvalue weighted by Gasteiger charge is 2.16. The van der Waals surface area contributed by atoms with Crippen molar-refractivity contribution in [3.63, 3.8) is 0 Å². The maximum absolute atomic E-state index is 12.5. The van der Waals surface area contributed by atoms with Crippen LogP contribution < -0.4 is 10.1 Å². The third-order valence-electron chi connectivity index (χ3n) is 4.06. The first-order valence-corrected chi connectivity index (χ1v) is 8.77. The molecule has 0 heterocycles. The first-order chi connectivity index (χ1) is 12.4. The minimum atomic E-state index is -0.250. The van der Waals surface area contributed by atoms with Crippen LogP contribution in [0.2, 0.25) is 5.02 Å². The lowest BCUT2D eigenvalue weighted by Crippen LogP contribution is -2.38. The molecular formula is C20H23ClN2O3. The molecule has 0 aliphatic carbocycles. The molecule has 1 N–H and O–H groups in total. The van der Waals surface area contributed by atoms with Crippen molar-refractivity contribution in [1.29, 1.82) is 0 Å². The number of carbonyl (C=O) groups excluding carboxylic acids is 2. The van der Waals surface area contributed by atoms with E-state index in [2.05, 4.69) is 5.32 Å². The van der Waals surface area contributed by atoms with Gasteiger partial charge in [-0.15, -0.1) is 0 Å². The van der Waals surface area contributed by atoms with Gasteiger partial charge in [0.05, 0.1) is 20.1 Å². The molecule has 2 aromatic carbocycles. The van der Waals surface area contributed by atoms with E-state index in [0.29, 0.717) is 17.3 Å². The molecule has 0 spiro atoms. The standard InChI is InChI=1S/C20H23ClN2O3/c1-4-23(20(25)11-15-6-9-17(26-3)10-7-15)13-19(24)22-18-12-16(21)8-5-14(18)2/h5-10,12H,4,11,13H2,1-3H3,(H,22,24). The van der Waals surface area contributed by atoms with E-state index < -0.39 is 0 Å². The number of aryl methyl sites for hydroxylation is 1. The molecule has 0 radical (unpaired) electrons. The van der Waals surface area contributed by atoms with Crippen LogP contribution in [0.1, 0.15) is 18.1 Å². The smallest absolute Gasteiger partial charge is 0.244 e. The molecule has 0 aliphatic rings. The molecule has 0 saturated carbocycles. The predicted molar refractivity (Wildman–Crippen MR) is 104 cm³/mol. The highest BCUT2D eigenvalue weighted by molar-refractivity contribution is 6.31. The van der Waals surface area contributed by atoms with Crippen molar-refractivity contribution in [2.75, 3.05) is 25.5 Å². The molecule has 0 atom stereocenters. The Balaban J connectivity index is 1.97. The zero-order chi connectivity index (χ0) is 19.1. The Hall–Kier alpha value is -2.53. The number of ether oxygens (including phenoxy) is 1. The van der Waals surface area contributed by atoms with E-state index in [9.17, 15) is 9.59 Å². The third-order valence-corrected chi connectivity index (χ3v) is 4.29. The lowest BCUT2D eigenvalue weighted by Gasteiger charge is -2.21. The molecule has 0 aliphatic heterocycles. The van der Waals surface area contributed by atoms with Gasteiger partial charge in [0, 0.05) is 17.3 Å². The number of nitrogens with zero attached hydrogens (tertiary/aromatic N) is 1. The highest BCUT2D eigenvalue weighted by Crippen LogP contribution is 2.20. The number of methoxy groups -OCH3 is 1. The monoisotopic (exact) mass is 374 g/mol. The average molecular weight is 375 g/mol. The third kappa shape index (κ3) is 5.49. The molecule has 2 rings (SSSR count). The molecule has 0 aromatic heterocycles. The molecule has 138 valence electrons. The summed E-state index contributed by atoms with van der Waals surface area (Å²) in [6, 6.07) is 12.6. The Morgan fingerprint density at radius 1 is 1.15 bits per heavy atom. The van der Waals surface area contributed by atoms with Gasteiger partial charge in [-0.3, -0.25) is 9.59 Å². The molecule has 2 amide bonds. The van der Waals surface area contributed by atoms with Crippen LogP contribution in [0.5, 0.6) is 5.75 Å². The largest absolute Gasteiger partial charge is 0.497 e. The van der Waals surface area contributed by atoms with Crippen LogP contribution in [-0.4, -0.2) is 36.9 Å². The van der Waals surface area contributed by atoms with Crippen molar-refractivity contribution < 1.29 is 14.3 Å². The lowest BCUT2D eigenvalue weighted by atomic mass is 10.1. The number of amides is 2. The SMILES string of the molecule is CCN(CC(=O)Nc1cc(Cl)ccc1C)C(=O)Cc1ccc(OC)cc1. The molecule has 0 fully saturated rings. The van der Waals surface area contributed by atoms with Gasteiger partial charge in [-0.25, -0.2) is 0 Å². The quantitative estimate of drug-likeness (QED) is 0.804. The first kappa shape index (κ1) is 19.8. The number of likely N-dealkylation sites (N-methyl/N-ethyl adjacent to an activating group) is 1. The summed E-state index contributed by atoms with van der Waals surface area (Å²) < 4.78 is 5.11. The number of nitrogens with one attached hydrogen (secondary N) is 1. The van der Waals surface area contributed by atoms with Crippen molar-refractivity contribution in [2.24, 2.45) is 0 Å². The molecule has 0 bridgehead atoms. The summed E-state index contributed by atoms with van der Waals surface area (Å²) in [6.07, 6.45) is 0.237. The fourth-order valence-electron chi connectivity index (χ4n) is 2.50. The van der Waals surface area contributed by atoms with Gasteiger partial charge in [-0.2, -0.15) is 0 Å². The van der Waals surface area contributed by atoms with Crippen LogP contribution in [0.25, 0.3) is 0 Å². The molecule has 0 unspecified atom stereocenters. The van der Waals surface area contributed by atoms with Gasteiger partial charge in [-0.1, -0.05) is 29.8 Å². The van der Waals surface area contributed by atoms with Crippen molar-refractivity contribution in [2.45, 2.75) is 20.3 Å². The second-order valence-electron chi connectivity index (χ2n) is 5.94. The normalized spacial score (nSPS) is 10.3. The van der Waals surface area contributed by atoms with E-state index in [4.69, 9.17) is 16.3 Å². The summed E-state index contributed by atoms with van der Waals surface area (Å²) in [7, 11) is 1.60. The molecule has 26 heavy (non-hydrogen) atoms. The zero-order valence-electron chi connectivity index (χ0n) is 15.2. The first-order valence-electron chi connectivity index (χ1n) is 8.39. The van der Waals surface area contributed by atoms with Gasteiger partial charge < -0.3 is 15.0 Å². The highest BCUT2D eigenvalue weighted by atomic mass is 35.5. The summed E-state index contributed by atoms with van der Waals surface area (Å²) in [6.45, 7) is 4.19. The number of halogens is 1. The minimum absolute atomic E-state index is 0.00254. The van der Waals surface area contributed by atoms with E-state index in [0.717, 1.165) is 16.9 Å². The van der Waals surface area contributed by atoms with E-state index in [-0.39, 0.29) is 24.8 Å². The van der Waals surface area contributed by atoms with Gasteiger partial charge in [0.15, 0.2) is 0 Å². The maximum atomic E-state index is 12.5. The summed E-state index contributed by atoms with van der Waals surface area (Å²) in [5, 5.41) is 3.37. The van der Waals surface area contributed by atoms with Crippen LogP contribution in [0.15, 0.2) is 42.5 Å². The van der Waals surface area contributed by atoms with Crippen LogP contribution >= 0.6 is 11.6 Å². The van der Waals surface area contributed by atoms with Crippen molar-refractivity contribution in [3.8, 4) is 5.75 Å². The van der Waals surface area contributed by atoms with Gasteiger partial charge >= 0.3 is 0 Å². The Morgan fingerprint density at radius 3 is 2.46 bits per heavy atom.